The Kier molecular flexibility index (Phi) is 5.72. The van der Waals surface area contributed by atoms with E-state index in [1.165, 1.54) is 0 Å². The first-order valence-corrected chi connectivity index (χ1v) is 11.2. The summed E-state index contributed by atoms with van der Waals surface area (Å²) in [6.07, 6.45) is 0. The largest absolute Gasteiger partial charge is 0.497 e. The van der Waals surface area contributed by atoms with Crippen LogP contribution in [-0.2, 0) is 18.4 Å². The molecule has 6 heteroatoms. The van der Waals surface area contributed by atoms with Crippen molar-refractivity contribution in [1.29, 1.82) is 0 Å². The standard InChI is InChI=1S/C28H26N2O4/c1-4-33-28(31)26-24(27-25(29-26)20-12-8-9-13-22(20)30(27)2)21-15-14-19(32-3)16-23(21)34-17-18-10-6-5-7-11-18/h5-16,29H,4,17H2,1-3H3. The number of fused-ring (bicyclic) bond motifs is 3. The van der Waals surface area contributed by atoms with Gasteiger partial charge in [-0.2, -0.15) is 0 Å². The zero-order valence-corrected chi connectivity index (χ0v) is 19.4. The number of aromatic nitrogens is 2. The lowest BCUT2D eigenvalue weighted by molar-refractivity contribution is 0.0521. The Hall–Kier alpha value is -4.19. The molecule has 0 unspecified atom stereocenters. The second kappa shape index (κ2) is 8.98. The van der Waals surface area contributed by atoms with Crippen molar-refractivity contribution in [2.45, 2.75) is 13.5 Å². The van der Waals surface area contributed by atoms with E-state index in [1.54, 1.807) is 14.0 Å². The van der Waals surface area contributed by atoms with Crippen molar-refractivity contribution in [2.24, 2.45) is 7.05 Å². The summed E-state index contributed by atoms with van der Waals surface area (Å²) in [5.41, 5.74) is 5.86. The van der Waals surface area contributed by atoms with Crippen molar-refractivity contribution >= 4 is 27.9 Å². The quantitative estimate of drug-likeness (QED) is 0.302. The molecule has 0 atom stereocenters. The van der Waals surface area contributed by atoms with Crippen LogP contribution in [0.15, 0.2) is 72.8 Å². The molecular formula is C28H26N2O4. The van der Waals surface area contributed by atoms with Gasteiger partial charge in [0.25, 0.3) is 0 Å². The van der Waals surface area contributed by atoms with Gasteiger partial charge >= 0.3 is 5.97 Å². The van der Waals surface area contributed by atoms with Crippen LogP contribution in [0.2, 0.25) is 0 Å². The number of methoxy groups -OCH3 is 1. The summed E-state index contributed by atoms with van der Waals surface area (Å²) < 4.78 is 19.3. The van der Waals surface area contributed by atoms with Crippen molar-refractivity contribution in [3.05, 3.63) is 84.1 Å². The number of hydrogen-bond donors (Lipinski definition) is 1. The maximum atomic E-state index is 13.0. The number of aryl methyl sites for hydroxylation is 1. The fraction of sp³-hybridized carbons (Fsp3) is 0.179. The summed E-state index contributed by atoms with van der Waals surface area (Å²) in [5, 5.41) is 1.04. The van der Waals surface area contributed by atoms with E-state index in [4.69, 9.17) is 14.2 Å². The summed E-state index contributed by atoms with van der Waals surface area (Å²) in [6.45, 7) is 2.48. The van der Waals surface area contributed by atoms with Gasteiger partial charge < -0.3 is 23.8 Å². The lowest BCUT2D eigenvalue weighted by Crippen LogP contribution is -2.07. The number of carbonyl (C=O) groups is 1. The minimum Gasteiger partial charge on any atom is -0.497 e. The number of hydrogen-bond acceptors (Lipinski definition) is 4. The summed E-state index contributed by atoms with van der Waals surface area (Å²) >= 11 is 0. The third-order valence-electron chi connectivity index (χ3n) is 6.02. The molecule has 0 radical (unpaired) electrons. The van der Waals surface area contributed by atoms with Gasteiger partial charge in [0.2, 0.25) is 0 Å². The highest BCUT2D eigenvalue weighted by Crippen LogP contribution is 2.43. The van der Waals surface area contributed by atoms with E-state index < -0.39 is 5.97 Å². The number of esters is 1. The van der Waals surface area contributed by atoms with E-state index >= 15 is 0 Å². The molecule has 0 aliphatic rings. The zero-order valence-electron chi connectivity index (χ0n) is 19.4. The fourth-order valence-electron chi connectivity index (χ4n) is 4.43. The number of nitrogens with zero attached hydrogens (tertiary/aromatic N) is 1. The van der Waals surface area contributed by atoms with E-state index in [2.05, 4.69) is 15.6 Å². The van der Waals surface area contributed by atoms with Crippen molar-refractivity contribution < 1.29 is 19.0 Å². The Morgan fingerprint density at radius 2 is 1.76 bits per heavy atom. The number of rotatable bonds is 7. The summed E-state index contributed by atoms with van der Waals surface area (Å²) in [5.74, 6) is 0.899. The first-order valence-electron chi connectivity index (χ1n) is 11.2. The number of benzene rings is 3. The number of H-pyrrole nitrogens is 1. The van der Waals surface area contributed by atoms with Crippen LogP contribution < -0.4 is 9.47 Å². The Morgan fingerprint density at radius 3 is 2.53 bits per heavy atom. The molecule has 5 aromatic rings. The zero-order chi connectivity index (χ0) is 23.7. The predicted octanol–water partition coefficient (Wildman–Crippen LogP) is 6.09. The SMILES string of the molecule is CCOC(=O)c1[nH]c2c3ccccc3n(C)c2c1-c1ccc(OC)cc1OCc1ccccc1. The second-order valence-electron chi connectivity index (χ2n) is 8.03. The van der Waals surface area contributed by atoms with Gasteiger partial charge in [-0.15, -0.1) is 0 Å². The molecule has 172 valence electrons. The smallest absolute Gasteiger partial charge is 0.355 e. The van der Waals surface area contributed by atoms with Crippen LogP contribution >= 0.6 is 0 Å². The number of nitrogens with one attached hydrogen (secondary N) is 1. The Morgan fingerprint density at radius 1 is 1.00 bits per heavy atom. The van der Waals surface area contributed by atoms with E-state index in [1.807, 2.05) is 73.8 Å². The molecule has 2 aromatic heterocycles. The van der Waals surface area contributed by atoms with Crippen molar-refractivity contribution in [2.75, 3.05) is 13.7 Å². The maximum Gasteiger partial charge on any atom is 0.355 e. The van der Waals surface area contributed by atoms with Crippen LogP contribution in [0.5, 0.6) is 11.5 Å². The fourth-order valence-corrected chi connectivity index (χ4v) is 4.43. The van der Waals surface area contributed by atoms with Crippen molar-refractivity contribution in [1.82, 2.24) is 9.55 Å². The minimum absolute atomic E-state index is 0.286. The van der Waals surface area contributed by atoms with Gasteiger partial charge in [0.05, 0.1) is 30.3 Å². The van der Waals surface area contributed by atoms with Crippen molar-refractivity contribution in [3.63, 3.8) is 0 Å². The number of para-hydroxylation sites is 1. The van der Waals surface area contributed by atoms with E-state index in [0.717, 1.165) is 38.6 Å². The van der Waals surface area contributed by atoms with Crippen LogP contribution in [0.1, 0.15) is 23.0 Å². The first-order chi connectivity index (χ1) is 16.6. The highest BCUT2D eigenvalue weighted by molar-refractivity contribution is 6.16. The minimum atomic E-state index is -0.400. The summed E-state index contributed by atoms with van der Waals surface area (Å²) in [6, 6.07) is 23.8. The highest BCUT2D eigenvalue weighted by atomic mass is 16.5. The van der Waals surface area contributed by atoms with Gasteiger partial charge in [-0.1, -0.05) is 48.5 Å². The van der Waals surface area contributed by atoms with Gasteiger partial charge in [-0.3, -0.25) is 0 Å². The van der Waals surface area contributed by atoms with Crippen molar-refractivity contribution in [3.8, 4) is 22.6 Å². The van der Waals surface area contributed by atoms with E-state index in [-0.39, 0.29) is 6.61 Å². The third-order valence-corrected chi connectivity index (χ3v) is 6.02. The molecule has 1 N–H and O–H groups in total. The molecule has 2 heterocycles. The van der Waals surface area contributed by atoms with Gasteiger partial charge in [0.1, 0.15) is 23.8 Å². The highest BCUT2D eigenvalue weighted by Gasteiger charge is 2.27. The topological polar surface area (TPSA) is 65.5 Å². The molecule has 0 fully saturated rings. The second-order valence-corrected chi connectivity index (χ2v) is 8.03. The monoisotopic (exact) mass is 454 g/mol. The van der Waals surface area contributed by atoms with Gasteiger partial charge in [0.15, 0.2) is 0 Å². The van der Waals surface area contributed by atoms with Crippen LogP contribution in [0.4, 0.5) is 0 Å². The first kappa shape index (κ1) is 21.6. The lowest BCUT2D eigenvalue weighted by atomic mass is 10.0. The molecule has 5 rings (SSSR count). The van der Waals surface area contributed by atoms with E-state index in [9.17, 15) is 4.79 Å². The van der Waals surface area contributed by atoms with Crippen LogP contribution in [-0.4, -0.2) is 29.2 Å². The van der Waals surface area contributed by atoms with Gasteiger partial charge in [-0.05, 0) is 30.7 Å². The molecule has 0 bridgehead atoms. The van der Waals surface area contributed by atoms with Gasteiger partial charge in [0, 0.05) is 29.6 Å². The average Bonchev–Trinajstić information content (AvgIpc) is 3.39. The Bertz CT molecular complexity index is 1480. The molecule has 0 saturated heterocycles. The molecule has 3 aromatic carbocycles. The summed E-state index contributed by atoms with van der Waals surface area (Å²) in [7, 11) is 3.63. The Balaban J connectivity index is 1.74. The van der Waals surface area contributed by atoms with Crippen LogP contribution in [0, 0.1) is 0 Å². The number of aromatic amines is 1. The molecule has 0 aliphatic heterocycles. The summed E-state index contributed by atoms with van der Waals surface area (Å²) in [4.78, 5) is 16.4. The van der Waals surface area contributed by atoms with E-state index in [0.29, 0.717) is 23.8 Å². The molecule has 6 nitrogen and oxygen atoms in total. The molecule has 34 heavy (non-hydrogen) atoms. The molecule has 0 aliphatic carbocycles. The molecule has 0 saturated carbocycles. The number of ether oxygens (including phenoxy) is 3. The normalized spacial score (nSPS) is 11.1. The molecule has 0 spiro atoms. The van der Waals surface area contributed by atoms with Crippen LogP contribution in [0.3, 0.4) is 0 Å². The number of carbonyl (C=O) groups excluding carboxylic acids is 1. The average molecular weight is 455 g/mol. The van der Waals surface area contributed by atoms with Gasteiger partial charge in [-0.25, -0.2) is 4.79 Å². The predicted molar refractivity (Wildman–Crippen MR) is 133 cm³/mol. The van der Waals surface area contributed by atoms with Crippen LogP contribution in [0.25, 0.3) is 33.1 Å². The molecular weight excluding hydrogens is 428 g/mol. The molecule has 0 amide bonds. The maximum absolute atomic E-state index is 13.0. The lowest BCUT2D eigenvalue weighted by Gasteiger charge is -2.15. The Labute approximate surface area is 197 Å². The third kappa shape index (κ3) is 3.67.